The molecule has 6 heteroatoms. The number of carbonyl (C=O) groups excluding carboxylic acids is 1. The van der Waals surface area contributed by atoms with Gasteiger partial charge in [0.1, 0.15) is 12.4 Å². The molecule has 1 heterocycles. The third-order valence-electron chi connectivity index (χ3n) is 1.61. The molecular formula is C7H12N4OS. The molecule has 0 fully saturated rings. The molecule has 0 saturated heterocycles. The summed E-state index contributed by atoms with van der Waals surface area (Å²) in [7, 11) is 0. The summed E-state index contributed by atoms with van der Waals surface area (Å²) in [6.45, 7) is 3.84. The topological polar surface area (TPSA) is 80.9 Å². The van der Waals surface area contributed by atoms with Crippen LogP contribution in [-0.2, 0) is 4.79 Å². The van der Waals surface area contributed by atoms with Crippen molar-refractivity contribution >= 4 is 22.6 Å². The summed E-state index contributed by atoms with van der Waals surface area (Å²) in [5.41, 5.74) is 5.21. The predicted octanol–water partition coefficient (Wildman–Crippen LogP) is 0.460. The van der Waals surface area contributed by atoms with E-state index in [1.165, 1.54) is 17.9 Å². The normalized spacial score (nSPS) is 12.8. The third kappa shape index (κ3) is 2.66. The van der Waals surface area contributed by atoms with Crippen LogP contribution in [0.1, 0.15) is 13.8 Å². The Kier molecular flexibility index (Phi) is 3.18. The molecule has 1 atom stereocenters. The van der Waals surface area contributed by atoms with Crippen molar-refractivity contribution in [1.29, 1.82) is 0 Å². The molecule has 0 spiro atoms. The van der Waals surface area contributed by atoms with Gasteiger partial charge in [-0.25, -0.2) is 4.98 Å². The molecule has 0 aliphatic carbocycles. The fourth-order valence-electron chi connectivity index (χ4n) is 0.936. The zero-order chi connectivity index (χ0) is 9.84. The summed E-state index contributed by atoms with van der Waals surface area (Å²) in [5.74, 6) is -0.230. The first-order chi connectivity index (χ1) is 6.11. The molecule has 0 aliphatic rings. The van der Waals surface area contributed by atoms with Crippen molar-refractivity contribution in [2.75, 3.05) is 5.32 Å². The summed E-state index contributed by atoms with van der Waals surface area (Å²) < 4.78 is 3.81. The van der Waals surface area contributed by atoms with Crippen LogP contribution < -0.4 is 11.1 Å². The number of aromatic nitrogens is 2. The molecule has 0 saturated carbocycles. The minimum absolute atomic E-state index is 0.140. The number of anilines is 1. The van der Waals surface area contributed by atoms with E-state index < -0.39 is 0 Å². The van der Waals surface area contributed by atoms with Gasteiger partial charge in [-0.1, -0.05) is 13.8 Å². The van der Waals surface area contributed by atoms with Gasteiger partial charge in [0, 0.05) is 11.5 Å². The van der Waals surface area contributed by atoms with E-state index in [0.29, 0.717) is 5.13 Å². The van der Waals surface area contributed by atoms with Gasteiger partial charge in [0.2, 0.25) is 11.0 Å². The smallest absolute Gasteiger partial charge is 0.240 e. The van der Waals surface area contributed by atoms with Crippen LogP contribution in [-0.4, -0.2) is 21.3 Å². The van der Waals surface area contributed by atoms with E-state index >= 15 is 0 Å². The van der Waals surface area contributed by atoms with Gasteiger partial charge in [-0.2, -0.15) is 4.37 Å². The molecule has 1 unspecified atom stereocenters. The van der Waals surface area contributed by atoms with Crippen LogP contribution in [0.15, 0.2) is 6.33 Å². The molecule has 0 aliphatic heterocycles. The van der Waals surface area contributed by atoms with E-state index in [0.717, 1.165) is 0 Å². The predicted molar refractivity (Wildman–Crippen MR) is 51.4 cm³/mol. The maximum atomic E-state index is 11.0. The number of rotatable bonds is 4. The van der Waals surface area contributed by atoms with Gasteiger partial charge >= 0.3 is 0 Å². The van der Waals surface area contributed by atoms with Crippen molar-refractivity contribution in [1.82, 2.24) is 9.36 Å². The number of hydrogen-bond donors (Lipinski definition) is 2. The first-order valence-corrected chi connectivity index (χ1v) is 4.71. The van der Waals surface area contributed by atoms with Crippen molar-refractivity contribution < 1.29 is 4.79 Å². The van der Waals surface area contributed by atoms with E-state index in [1.807, 2.05) is 13.8 Å². The summed E-state index contributed by atoms with van der Waals surface area (Å²) in [6, 6.07) is -0.382. The minimum Gasteiger partial charge on any atom is -0.368 e. The van der Waals surface area contributed by atoms with Crippen LogP contribution in [0, 0.1) is 5.92 Å². The Bertz CT molecular complexity index is 272. The Hall–Kier alpha value is -1.17. The Morgan fingerprint density at radius 2 is 2.38 bits per heavy atom. The number of nitrogens with one attached hydrogen (secondary N) is 1. The van der Waals surface area contributed by atoms with E-state index in [2.05, 4.69) is 14.7 Å². The molecule has 3 N–H and O–H groups in total. The van der Waals surface area contributed by atoms with Crippen molar-refractivity contribution in [3.05, 3.63) is 6.33 Å². The summed E-state index contributed by atoms with van der Waals surface area (Å²) in [4.78, 5) is 14.9. The highest BCUT2D eigenvalue weighted by Crippen LogP contribution is 2.12. The molecule has 0 aromatic carbocycles. The van der Waals surface area contributed by atoms with E-state index in [9.17, 15) is 4.79 Å². The zero-order valence-electron chi connectivity index (χ0n) is 7.52. The molecule has 1 aromatic rings. The Labute approximate surface area is 80.5 Å². The zero-order valence-corrected chi connectivity index (χ0v) is 8.34. The van der Waals surface area contributed by atoms with E-state index in [1.54, 1.807) is 0 Å². The second kappa shape index (κ2) is 4.18. The Morgan fingerprint density at radius 1 is 1.69 bits per heavy atom. The highest BCUT2D eigenvalue weighted by Gasteiger charge is 2.19. The standard InChI is InChI=1S/C7H12N4OS/c1-4(2)5(6(8)12)11-7-9-3-10-13-7/h3-5H,1-2H3,(H2,8,12)(H,9,10,11). The quantitative estimate of drug-likeness (QED) is 0.739. The van der Waals surface area contributed by atoms with Gasteiger partial charge in [-0.3, -0.25) is 4.79 Å². The second-order valence-electron chi connectivity index (χ2n) is 3.01. The Morgan fingerprint density at radius 3 is 2.77 bits per heavy atom. The number of nitrogens with zero attached hydrogens (tertiary/aromatic N) is 2. The third-order valence-corrected chi connectivity index (χ3v) is 2.21. The van der Waals surface area contributed by atoms with Crippen molar-refractivity contribution in [2.24, 2.45) is 11.7 Å². The van der Waals surface area contributed by atoms with Gasteiger partial charge in [0.05, 0.1) is 0 Å². The first kappa shape index (κ1) is 9.91. The van der Waals surface area contributed by atoms with Crippen LogP contribution in [0.4, 0.5) is 5.13 Å². The fourth-order valence-corrected chi connectivity index (χ4v) is 1.40. The van der Waals surface area contributed by atoms with Crippen LogP contribution in [0.3, 0.4) is 0 Å². The van der Waals surface area contributed by atoms with Gasteiger partial charge in [0.25, 0.3) is 0 Å². The number of hydrogen-bond acceptors (Lipinski definition) is 5. The number of primary amides is 1. The molecule has 5 nitrogen and oxygen atoms in total. The summed E-state index contributed by atoms with van der Waals surface area (Å²) in [5, 5.41) is 3.55. The number of carbonyl (C=O) groups is 1. The van der Waals surface area contributed by atoms with Crippen molar-refractivity contribution in [3.63, 3.8) is 0 Å². The molecule has 0 radical (unpaired) electrons. The summed E-state index contributed by atoms with van der Waals surface area (Å²) in [6.07, 6.45) is 1.44. The number of nitrogens with two attached hydrogens (primary N) is 1. The molecular weight excluding hydrogens is 188 g/mol. The fraction of sp³-hybridized carbons (Fsp3) is 0.571. The van der Waals surface area contributed by atoms with Crippen LogP contribution in [0.25, 0.3) is 0 Å². The molecule has 1 aromatic heterocycles. The van der Waals surface area contributed by atoms with Gasteiger partial charge < -0.3 is 11.1 Å². The SMILES string of the molecule is CC(C)C(Nc1ncns1)C(N)=O. The lowest BCUT2D eigenvalue weighted by Gasteiger charge is -2.17. The second-order valence-corrected chi connectivity index (χ2v) is 3.79. The van der Waals surface area contributed by atoms with Crippen LogP contribution in [0.5, 0.6) is 0 Å². The van der Waals surface area contributed by atoms with Gasteiger partial charge in [0.15, 0.2) is 0 Å². The molecule has 13 heavy (non-hydrogen) atoms. The molecule has 1 rings (SSSR count). The summed E-state index contributed by atoms with van der Waals surface area (Å²) >= 11 is 1.21. The van der Waals surface area contributed by atoms with Crippen LogP contribution >= 0.6 is 11.5 Å². The minimum atomic E-state index is -0.382. The van der Waals surface area contributed by atoms with Gasteiger partial charge in [-0.05, 0) is 5.92 Å². The monoisotopic (exact) mass is 200 g/mol. The lowest BCUT2D eigenvalue weighted by molar-refractivity contribution is -0.119. The highest BCUT2D eigenvalue weighted by atomic mass is 32.1. The average molecular weight is 200 g/mol. The first-order valence-electron chi connectivity index (χ1n) is 3.93. The van der Waals surface area contributed by atoms with Crippen molar-refractivity contribution in [2.45, 2.75) is 19.9 Å². The molecule has 72 valence electrons. The van der Waals surface area contributed by atoms with E-state index in [4.69, 9.17) is 5.73 Å². The Balaban J connectivity index is 2.63. The van der Waals surface area contributed by atoms with Crippen molar-refractivity contribution in [3.8, 4) is 0 Å². The maximum Gasteiger partial charge on any atom is 0.240 e. The largest absolute Gasteiger partial charge is 0.368 e. The lowest BCUT2D eigenvalue weighted by atomic mass is 10.0. The molecule has 0 bridgehead atoms. The highest BCUT2D eigenvalue weighted by molar-refractivity contribution is 7.09. The molecule has 1 amide bonds. The lowest BCUT2D eigenvalue weighted by Crippen LogP contribution is -2.39. The average Bonchev–Trinajstić information content (AvgIpc) is 2.50. The van der Waals surface area contributed by atoms with Crippen LogP contribution in [0.2, 0.25) is 0 Å². The van der Waals surface area contributed by atoms with E-state index in [-0.39, 0.29) is 17.9 Å². The van der Waals surface area contributed by atoms with Gasteiger partial charge in [-0.15, -0.1) is 0 Å². The number of amides is 1. The maximum absolute atomic E-state index is 11.0.